The Kier molecular flexibility index (Phi) is 11.4. The number of nitrogens with two attached hydrogens (primary N) is 1. The van der Waals surface area contributed by atoms with Crippen molar-refractivity contribution < 1.29 is 4.79 Å². The van der Waals surface area contributed by atoms with Crippen molar-refractivity contribution in [3.63, 3.8) is 0 Å². The van der Waals surface area contributed by atoms with Crippen LogP contribution in [0.3, 0.4) is 0 Å². The molecule has 0 bridgehead atoms. The SMILES string of the molecule is Cc1ccc(C(N)C(=O)NCCCN2CC(C)CC(C)C2)cc1.Cl.Cl. The van der Waals surface area contributed by atoms with Gasteiger partial charge in [0.05, 0.1) is 0 Å². The maximum absolute atomic E-state index is 12.1. The maximum atomic E-state index is 12.1. The van der Waals surface area contributed by atoms with E-state index >= 15 is 0 Å². The fraction of sp³-hybridized carbons (Fsp3) is 0.632. The van der Waals surface area contributed by atoms with E-state index in [0.29, 0.717) is 6.54 Å². The number of nitrogens with one attached hydrogen (secondary N) is 1. The number of nitrogens with zero attached hydrogens (tertiary/aromatic N) is 1. The highest BCUT2D eigenvalue weighted by Gasteiger charge is 2.21. The van der Waals surface area contributed by atoms with Crippen LogP contribution in [0.25, 0.3) is 0 Å². The van der Waals surface area contributed by atoms with Crippen molar-refractivity contribution in [2.75, 3.05) is 26.2 Å². The summed E-state index contributed by atoms with van der Waals surface area (Å²) in [5.74, 6) is 1.47. The molecule has 1 saturated heterocycles. The molecule has 1 aromatic carbocycles. The molecule has 1 fully saturated rings. The predicted octanol–water partition coefficient (Wildman–Crippen LogP) is 3.32. The number of aryl methyl sites for hydroxylation is 1. The van der Waals surface area contributed by atoms with Gasteiger partial charge in [-0.25, -0.2) is 0 Å². The summed E-state index contributed by atoms with van der Waals surface area (Å²) < 4.78 is 0. The predicted molar refractivity (Wildman–Crippen MR) is 110 cm³/mol. The second-order valence-corrected chi connectivity index (χ2v) is 7.24. The topological polar surface area (TPSA) is 58.4 Å². The Morgan fingerprint density at radius 2 is 1.76 bits per heavy atom. The second kappa shape index (κ2) is 11.7. The van der Waals surface area contributed by atoms with Crippen molar-refractivity contribution in [3.05, 3.63) is 35.4 Å². The van der Waals surface area contributed by atoms with Crippen LogP contribution in [0.2, 0.25) is 0 Å². The van der Waals surface area contributed by atoms with Crippen molar-refractivity contribution in [3.8, 4) is 0 Å². The van der Waals surface area contributed by atoms with Crippen molar-refractivity contribution in [2.24, 2.45) is 17.6 Å². The standard InChI is InChI=1S/C19H31N3O.2ClH/c1-14-5-7-17(8-6-14)18(20)19(23)21-9-4-10-22-12-15(2)11-16(3)13-22;;/h5-8,15-16,18H,4,9-13,20H2,1-3H3,(H,21,23);2*1H. The summed E-state index contributed by atoms with van der Waals surface area (Å²) in [7, 11) is 0. The molecule has 0 saturated carbocycles. The Morgan fingerprint density at radius 1 is 1.20 bits per heavy atom. The van der Waals surface area contributed by atoms with Gasteiger partial charge in [0.2, 0.25) is 5.91 Å². The molecular formula is C19H33Cl2N3O. The van der Waals surface area contributed by atoms with Gasteiger partial charge in [-0.3, -0.25) is 4.79 Å². The fourth-order valence-corrected chi connectivity index (χ4v) is 3.52. The molecular weight excluding hydrogens is 357 g/mol. The monoisotopic (exact) mass is 389 g/mol. The van der Waals surface area contributed by atoms with Gasteiger partial charge in [-0.1, -0.05) is 43.7 Å². The van der Waals surface area contributed by atoms with Gasteiger partial charge in [-0.2, -0.15) is 0 Å². The van der Waals surface area contributed by atoms with Crippen LogP contribution in [-0.4, -0.2) is 37.0 Å². The van der Waals surface area contributed by atoms with E-state index in [1.807, 2.05) is 31.2 Å². The lowest BCUT2D eigenvalue weighted by atomic mass is 9.92. The number of carbonyl (C=O) groups is 1. The molecule has 1 heterocycles. The first kappa shape index (κ1) is 24.2. The van der Waals surface area contributed by atoms with E-state index in [0.717, 1.165) is 30.4 Å². The number of carbonyl (C=O) groups excluding carboxylic acids is 1. The van der Waals surface area contributed by atoms with Crippen molar-refractivity contribution in [1.29, 1.82) is 0 Å². The fourth-order valence-electron chi connectivity index (χ4n) is 3.52. The van der Waals surface area contributed by atoms with Crippen LogP contribution >= 0.6 is 24.8 Å². The summed E-state index contributed by atoms with van der Waals surface area (Å²) in [6.45, 7) is 10.8. The molecule has 144 valence electrons. The van der Waals surface area contributed by atoms with Crippen molar-refractivity contribution in [1.82, 2.24) is 10.2 Å². The first-order valence-corrected chi connectivity index (χ1v) is 8.78. The summed E-state index contributed by atoms with van der Waals surface area (Å²) in [6.07, 6.45) is 2.31. The molecule has 3 N–H and O–H groups in total. The van der Waals surface area contributed by atoms with Crippen LogP contribution in [0.1, 0.15) is 43.9 Å². The molecule has 0 radical (unpaired) electrons. The van der Waals surface area contributed by atoms with Gasteiger partial charge >= 0.3 is 0 Å². The Bertz CT molecular complexity index is 500. The third-order valence-electron chi connectivity index (χ3n) is 4.61. The van der Waals surface area contributed by atoms with Gasteiger partial charge in [0.1, 0.15) is 6.04 Å². The van der Waals surface area contributed by atoms with Crippen molar-refractivity contribution >= 4 is 30.7 Å². The molecule has 2 rings (SSSR count). The number of hydrogen-bond acceptors (Lipinski definition) is 3. The Morgan fingerprint density at radius 3 is 2.32 bits per heavy atom. The van der Waals surface area contributed by atoms with Gasteiger partial charge in [0.15, 0.2) is 0 Å². The number of likely N-dealkylation sites (tertiary alicyclic amines) is 1. The van der Waals surface area contributed by atoms with E-state index in [2.05, 4.69) is 24.1 Å². The number of halogens is 2. The molecule has 0 aliphatic carbocycles. The number of benzene rings is 1. The third-order valence-corrected chi connectivity index (χ3v) is 4.61. The van der Waals surface area contributed by atoms with Gasteiger partial charge < -0.3 is 16.0 Å². The number of piperidine rings is 1. The minimum Gasteiger partial charge on any atom is -0.354 e. The summed E-state index contributed by atoms with van der Waals surface area (Å²) in [6, 6.07) is 7.25. The molecule has 3 unspecified atom stereocenters. The highest BCUT2D eigenvalue weighted by Crippen LogP contribution is 2.20. The van der Waals surface area contributed by atoms with Gasteiger partial charge in [-0.05, 0) is 43.7 Å². The highest BCUT2D eigenvalue weighted by molar-refractivity contribution is 5.85. The number of hydrogen-bond donors (Lipinski definition) is 2. The molecule has 6 heteroatoms. The minimum atomic E-state index is -0.578. The van der Waals surface area contributed by atoms with Gasteiger partial charge in [0, 0.05) is 19.6 Å². The molecule has 3 atom stereocenters. The summed E-state index contributed by atoms with van der Waals surface area (Å²) in [4.78, 5) is 14.7. The molecule has 4 nitrogen and oxygen atoms in total. The lowest BCUT2D eigenvalue weighted by Gasteiger charge is -2.34. The average Bonchev–Trinajstić information content (AvgIpc) is 2.50. The molecule has 25 heavy (non-hydrogen) atoms. The van der Waals surface area contributed by atoms with E-state index in [4.69, 9.17) is 5.73 Å². The highest BCUT2D eigenvalue weighted by atomic mass is 35.5. The number of amides is 1. The number of rotatable bonds is 6. The summed E-state index contributed by atoms with van der Waals surface area (Å²) in [5.41, 5.74) is 8.07. The largest absolute Gasteiger partial charge is 0.354 e. The van der Waals surface area contributed by atoms with Crippen molar-refractivity contribution in [2.45, 2.75) is 39.7 Å². The molecule has 1 aliphatic rings. The zero-order valence-electron chi connectivity index (χ0n) is 15.5. The Labute approximate surface area is 164 Å². The van der Waals surface area contributed by atoms with Gasteiger partial charge in [0.25, 0.3) is 0 Å². The molecule has 1 aliphatic heterocycles. The van der Waals surface area contributed by atoms with Gasteiger partial charge in [-0.15, -0.1) is 24.8 Å². The van der Waals surface area contributed by atoms with E-state index in [-0.39, 0.29) is 30.7 Å². The molecule has 0 aromatic heterocycles. The summed E-state index contributed by atoms with van der Waals surface area (Å²) in [5, 5.41) is 2.97. The van der Waals surface area contributed by atoms with Crippen LogP contribution in [-0.2, 0) is 4.79 Å². The Hall–Kier alpha value is -0.810. The van der Waals surface area contributed by atoms with E-state index in [9.17, 15) is 4.79 Å². The molecule has 0 spiro atoms. The van der Waals surface area contributed by atoms with Crippen LogP contribution < -0.4 is 11.1 Å². The molecule has 1 amide bonds. The summed E-state index contributed by atoms with van der Waals surface area (Å²) >= 11 is 0. The Balaban J connectivity index is 0.00000288. The zero-order valence-corrected chi connectivity index (χ0v) is 17.2. The quantitative estimate of drug-likeness (QED) is 0.733. The first-order valence-electron chi connectivity index (χ1n) is 8.78. The maximum Gasteiger partial charge on any atom is 0.241 e. The van der Waals surface area contributed by atoms with E-state index in [1.54, 1.807) is 0 Å². The normalized spacial score (nSPS) is 21.6. The third kappa shape index (κ3) is 7.95. The van der Waals surface area contributed by atoms with Crippen LogP contribution in [0, 0.1) is 18.8 Å². The lowest BCUT2D eigenvalue weighted by Crippen LogP contribution is -2.40. The minimum absolute atomic E-state index is 0. The first-order chi connectivity index (χ1) is 11.0. The molecule has 1 aromatic rings. The van der Waals surface area contributed by atoms with Crippen LogP contribution in [0.15, 0.2) is 24.3 Å². The van der Waals surface area contributed by atoms with E-state index < -0.39 is 6.04 Å². The zero-order chi connectivity index (χ0) is 16.8. The van der Waals surface area contributed by atoms with Crippen LogP contribution in [0.5, 0.6) is 0 Å². The smallest absolute Gasteiger partial charge is 0.241 e. The average molecular weight is 390 g/mol. The lowest BCUT2D eigenvalue weighted by molar-refractivity contribution is -0.122. The van der Waals surface area contributed by atoms with Crippen LogP contribution in [0.4, 0.5) is 0 Å². The second-order valence-electron chi connectivity index (χ2n) is 7.24. The van der Waals surface area contributed by atoms with E-state index in [1.165, 1.54) is 25.1 Å².